The van der Waals surface area contributed by atoms with Gasteiger partial charge in [0.2, 0.25) is 5.82 Å². The van der Waals surface area contributed by atoms with Crippen molar-refractivity contribution in [3.63, 3.8) is 0 Å². The predicted molar refractivity (Wildman–Crippen MR) is 104 cm³/mol. The molecule has 2 amide bonds. The predicted octanol–water partition coefficient (Wildman–Crippen LogP) is 1.96. The van der Waals surface area contributed by atoms with Gasteiger partial charge in [-0.2, -0.15) is 4.39 Å². The van der Waals surface area contributed by atoms with Crippen LogP contribution >= 0.6 is 0 Å². The maximum atomic E-state index is 13.4. The summed E-state index contributed by atoms with van der Waals surface area (Å²) in [5.74, 6) is -2.86. The van der Waals surface area contributed by atoms with Crippen molar-refractivity contribution in [3.05, 3.63) is 58.2 Å². The standard InChI is InChI=1S/C19H22FN5O4/c1-23-8-4-5-15(23)17(24-9-2-3-10-24)12-21-18(26)19(27)22-13-6-7-14(20)16(11-13)25(28)29/h4-8,11,17H,2-3,9-10,12H2,1H3,(H,21,26)(H,22,27). The second-order valence-electron chi connectivity index (χ2n) is 6.89. The first kappa shape index (κ1) is 20.5. The number of carbonyl (C=O) groups excluding carboxylic acids is 2. The molecule has 10 heteroatoms. The zero-order valence-corrected chi connectivity index (χ0v) is 15.9. The van der Waals surface area contributed by atoms with Crippen LogP contribution in [0.15, 0.2) is 36.5 Å². The van der Waals surface area contributed by atoms with Crippen LogP contribution in [0.25, 0.3) is 0 Å². The molecule has 0 radical (unpaired) electrons. The number of hydrogen-bond acceptors (Lipinski definition) is 5. The Kier molecular flexibility index (Phi) is 6.23. The van der Waals surface area contributed by atoms with Crippen LogP contribution in [0, 0.1) is 15.9 Å². The summed E-state index contributed by atoms with van der Waals surface area (Å²) in [5.41, 5.74) is 0.222. The van der Waals surface area contributed by atoms with Gasteiger partial charge in [-0.1, -0.05) is 0 Å². The van der Waals surface area contributed by atoms with E-state index in [-0.39, 0.29) is 18.3 Å². The monoisotopic (exact) mass is 403 g/mol. The van der Waals surface area contributed by atoms with E-state index in [4.69, 9.17) is 0 Å². The van der Waals surface area contributed by atoms with Crippen molar-refractivity contribution >= 4 is 23.2 Å². The van der Waals surface area contributed by atoms with E-state index in [1.54, 1.807) is 0 Å². The number of nitrogens with one attached hydrogen (secondary N) is 2. The second-order valence-corrected chi connectivity index (χ2v) is 6.89. The smallest absolute Gasteiger partial charge is 0.313 e. The molecule has 9 nitrogen and oxygen atoms in total. The Labute approximate surface area is 166 Å². The van der Waals surface area contributed by atoms with E-state index in [0.29, 0.717) is 0 Å². The maximum Gasteiger partial charge on any atom is 0.313 e. The highest BCUT2D eigenvalue weighted by atomic mass is 19.1. The molecular formula is C19H22FN5O4. The van der Waals surface area contributed by atoms with Gasteiger partial charge in [0.15, 0.2) is 0 Å². The van der Waals surface area contributed by atoms with Crippen LogP contribution < -0.4 is 10.6 Å². The number of aryl methyl sites for hydroxylation is 1. The molecule has 0 saturated carbocycles. The summed E-state index contributed by atoms with van der Waals surface area (Å²) >= 11 is 0. The third-order valence-corrected chi connectivity index (χ3v) is 4.97. The van der Waals surface area contributed by atoms with Crippen molar-refractivity contribution in [1.82, 2.24) is 14.8 Å². The lowest BCUT2D eigenvalue weighted by molar-refractivity contribution is -0.387. The van der Waals surface area contributed by atoms with Crippen molar-refractivity contribution in [3.8, 4) is 0 Å². The fourth-order valence-electron chi connectivity index (χ4n) is 3.48. The van der Waals surface area contributed by atoms with E-state index in [9.17, 15) is 24.1 Å². The molecule has 2 aromatic rings. The minimum atomic E-state index is -1.02. The molecule has 2 heterocycles. The Bertz CT molecular complexity index is 923. The summed E-state index contributed by atoms with van der Waals surface area (Å²) < 4.78 is 15.4. The third-order valence-electron chi connectivity index (χ3n) is 4.97. The molecule has 1 fully saturated rings. The molecule has 0 aliphatic carbocycles. The van der Waals surface area contributed by atoms with Gasteiger partial charge in [-0.15, -0.1) is 0 Å². The number of nitrogens with zero attached hydrogens (tertiary/aromatic N) is 3. The number of halogens is 1. The molecule has 3 rings (SSSR count). The van der Waals surface area contributed by atoms with Gasteiger partial charge in [0, 0.05) is 37.2 Å². The number of carbonyl (C=O) groups is 2. The largest absolute Gasteiger partial charge is 0.353 e. The molecular weight excluding hydrogens is 381 g/mol. The molecule has 29 heavy (non-hydrogen) atoms. The van der Waals surface area contributed by atoms with Crippen LogP contribution in [0.1, 0.15) is 24.6 Å². The van der Waals surface area contributed by atoms with E-state index in [2.05, 4.69) is 15.5 Å². The summed E-state index contributed by atoms with van der Waals surface area (Å²) in [4.78, 5) is 36.6. The number of benzene rings is 1. The van der Waals surface area contributed by atoms with Gasteiger partial charge < -0.3 is 15.2 Å². The zero-order chi connectivity index (χ0) is 21.0. The minimum Gasteiger partial charge on any atom is -0.353 e. The molecule has 1 aromatic carbocycles. The summed E-state index contributed by atoms with van der Waals surface area (Å²) in [6, 6.07) is 6.73. The summed E-state index contributed by atoms with van der Waals surface area (Å²) in [6.45, 7) is 2.07. The highest BCUT2D eigenvalue weighted by molar-refractivity contribution is 6.39. The average molecular weight is 403 g/mol. The van der Waals surface area contributed by atoms with Crippen LogP contribution in [0.3, 0.4) is 0 Å². The minimum absolute atomic E-state index is 0.0308. The lowest BCUT2D eigenvalue weighted by Crippen LogP contribution is -2.41. The lowest BCUT2D eigenvalue weighted by atomic mass is 10.1. The summed E-state index contributed by atoms with van der Waals surface area (Å²) in [6.07, 6.45) is 4.09. The van der Waals surface area contributed by atoms with Crippen LogP contribution in [-0.4, -0.2) is 45.8 Å². The Morgan fingerprint density at radius 2 is 1.97 bits per heavy atom. The van der Waals surface area contributed by atoms with Gasteiger partial charge in [0.1, 0.15) is 0 Å². The second kappa shape index (κ2) is 8.82. The van der Waals surface area contributed by atoms with Crippen LogP contribution in [0.4, 0.5) is 15.8 Å². The Balaban J connectivity index is 1.64. The van der Waals surface area contributed by atoms with E-state index in [1.807, 2.05) is 29.9 Å². The number of hydrogen-bond donors (Lipinski definition) is 2. The van der Waals surface area contributed by atoms with Crippen LogP contribution in [-0.2, 0) is 16.6 Å². The summed E-state index contributed by atoms with van der Waals surface area (Å²) in [5, 5.41) is 15.7. The molecule has 1 aliphatic heterocycles. The van der Waals surface area contributed by atoms with Crippen molar-refractivity contribution < 1.29 is 18.9 Å². The van der Waals surface area contributed by atoms with Crippen molar-refractivity contribution in [1.29, 1.82) is 0 Å². The van der Waals surface area contributed by atoms with E-state index < -0.39 is 28.2 Å². The first-order valence-electron chi connectivity index (χ1n) is 9.25. The molecule has 1 unspecified atom stereocenters. The number of nitro benzene ring substituents is 1. The van der Waals surface area contributed by atoms with Crippen molar-refractivity contribution in [2.75, 3.05) is 25.0 Å². The van der Waals surface area contributed by atoms with E-state index >= 15 is 0 Å². The SMILES string of the molecule is Cn1cccc1C(CNC(=O)C(=O)Nc1ccc(F)c([N+](=O)[O-])c1)N1CCCC1. The summed E-state index contributed by atoms with van der Waals surface area (Å²) in [7, 11) is 1.92. The molecule has 0 bridgehead atoms. The number of anilines is 1. The van der Waals surface area contributed by atoms with Crippen LogP contribution in [0.2, 0.25) is 0 Å². The molecule has 1 atom stereocenters. The van der Waals surface area contributed by atoms with Gasteiger partial charge >= 0.3 is 17.5 Å². The number of nitro groups is 1. The normalized spacial score (nSPS) is 15.1. The molecule has 1 aromatic heterocycles. The zero-order valence-electron chi connectivity index (χ0n) is 15.9. The maximum absolute atomic E-state index is 13.4. The number of rotatable bonds is 6. The Hall–Kier alpha value is -3.27. The highest BCUT2D eigenvalue weighted by Crippen LogP contribution is 2.25. The van der Waals surface area contributed by atoms with Gasteiger partial charge in [-0.25, -0.2) is 0 Å². The number of amides is 2. The van der Waals surface area contributed by atoms with Gasteiger partial charge in [-0.3, -0.25) is 24.6 Å². The van der Waals surface area contributed by atoms with Crippen molar-refractivity contribution in [2.24, 2.45) is 7.05 Å². The lowest BCUT2D eigenvalue weighted by Gasteiger charge is -2.28. The first-order chi connectivity index (χ1) is 13.9. The Morgan fingerprint density at radius 1 is 1.24 bits per heavy atom. The first-order valence-corrected chi connectivity index (χ1v) is 9.25. The Morgan fingerprint density at radius 3 is 2.59 bits per heavy atom. The highest BCUT2D eigenvalue weighted by Gasteiger charge is 2.26. The number of aromatic nitrogens is 1. The average Bonchev–Trinajstić information content (AvgIpc) is 3.36. The topological polar surface area (TPSA) is 110 Å². The van der Waals surface area contributed by atoms with Crippen molar-refractivity contribution in [2.45, 2.75) is 18.9 Å². The molecule has 2 N–H and O–H groups in total. The third kappa shape index (κ3) is 4.77. The number of likely N-dealkylation sites (tertiary alicyclic amines) is 1. The van der Waals surface area contributed by atoms with E-state index in [0.717, 1.165) is 49.8 Å². The molecule has 154 valence electrons. The van der Waals surface area contributed by atoms with Gasteiger partial charge in [0.25, 0.3) is 0 Å². The molecule has 1 saturated heterocycles. The van der Waals surface area contributed by atoms with Gasteiger partial charge in [-0.05, 0) is 50.2 Å². The quantitative estimate of drug-likeness (QED) is 0.435. The molecule has 0 spiro atoms. The van der Waals surface area contributed by atoms with Gasteiger partial charge in [0.05, 0.1) is 11.0 Å². The van der Waals surface area contributed by atoms with E-state index in [1.165, 1.54) is 0 Å². The molecule has 1 aliphatic rings. The fourth-order valence-corrected chi connectivity index (χ4v) is 3.48. The van der Waals surface area contributed by atoms with Crippen LogP contribution in [0.5, 0.6) is 0 Å². The fraction of sp³-hybridized carbons (Fsp3) is 0.368.